The van der Waals surface area contributed by atoms with Crippen LogP contribution < -0.4 is 11.1 Å². The number of methoxy groups -OCH3 is 1. The van der Waals surface area contributed by atoms with E-state index >= 15 is 0 Å². The number of carbonyl (C=O) groups excluding carboxylic acids is 2. The summed E-state index contributed by atoms with van der Waals surface area (Å²) in [6, 6.07) is 6.31. The number of rotatable bonds is 8. The third-order valence-corrected chi connectivity index (χ3v) is 3.24. The number of amides is 1. The van der Waals surface area contributed by atoms with Crippen LogP contribution in [-0.4, -0.2) is 38.2 Å². The van der Waals surface area contributed by atoms with E-state index in [-0.39, 0.29) is 24.9 Å². The van der Waals surface area contributed by atoms with Crippen LogP contribution >= 0.6 is 0 Å². The summed E-state index contributed by atoms with van der Waals surface area (Å²) in [6.45, 7) is 4.09. The number of hydrogen-bond acceptors (Lipinski definition) is 5. The van der Waals surface area contributed by atoms with Gasteiger partial charge in [-0.3, -0.25) is 9.59 Å². The number of benzene rings is 1. The smallest absolute Gasteiger partial charge is 0.308 e. The Morgan fingerprint density at radius 2 is 2.00 bits per heavy atom. The van der Waals surface area contributed by atoms with Crippen molar-refractivity contribution in [1.29, 1.82) is 0 Å². The van der Waals surface area contributed by atoms with Crippen molar-refractivity contribution in [1.82, 2.24) is 5.32 Å². The lowest BCUT2D eigenvalue weighted by molar-refractivity contribution is -0.143. The van der Waals surface area contributed by atoms with Crippen LogP contribution in [0.1, 0.15) is 30.5 Å². The standard InChI is InChI=1S/C16H24N2O4/c1-4-22-15(19)9-14(12-8-6-5-7-11(12)2)18-16(20)13(17)10-21-3/h5-8,13-14H,4,9-10,17H2,1-3H3,(H,18,20). The summed E-state index contributed by atoms with van der Waals surface area (Å²) >= 11 is 0. The molecule has 0 saturated heterocycles. The van der Waals surface area contributed by atoms with Crippen LogP contribution in [-0.2, 0) is 19.1 Å². The predicted octanol–water partition coefficient (Wildman–Crippen LogP) is 1.08. The van der Waals surface area contributed by atoms with Gasteiger partial charge in [-0.15, -0.1) is 0 Å². The molecule has 0 spiro atoms. The van der Waals surface area contributed by atoms with Crippen LogP contribution in [0.5, 0.6) is 0 Å². The van der Waals surface area contributed by atoms with Crippen LogP contribution in [0.4, 0.5) is 0 Å². The number of hydrogen-bond donors (Lipinski definition) is 2. The maximum atomic E-state index is 12.1. The summed E-state index contributed by atoms with van der Waals surface area (Å²) < 4.78 is 9.86. The Morgan fingerprint density at radius 1 is 1.32 bits per heavy atom. The van der Waals surface area contributed by atoms with E-state index in [1.54, 1.807) is 6.92 Å². The van der Waals surface area contributed by atoms with Crippen molar-refractivity contribution in [3.8, 4) is 0 Å². The maximum Gasteiger partial charge on any atom is 0.308 e. The van der Waals surface area contributed by atoms with E-state index in [1.807, 2.05) is 31.2 Å². The summed E-state index contributed by atoms with van der Waals surface area (Å²) in [7, 11) is 1.48. The topological polar surface area (TPSA) is 90.7 Å². The molecule has 122 valence electrons. The molecule has 0 aromatic heterocycles. The normalized spacial score (nSPS) is 13.3. The van der Waals surface area contributed by atoms with Crippen molar-refractivity contribution in [2.45, 2.75) is 32.4 Å². The number of carbonyl (C=O) groups is 2. The first-order valence-electron chi connectivity index (χ1n) is 7.25. The number of aryl methyl sites for hydroxylation is 1. The average molecular weight is 308 g/mol. The van der Waals surface area contributed by atoms with E-state index in [1.165, 1.54) is 7.11 Å². The molecule has 1 amide bonds. The molecule has 6 heteroatoms. The molecular formula is C16H24N2O4. The van der Waals surface area contributed by atoms with E-state index < -0.39 is 12.1 Å². The van der Waals surface area contributed by atoms with Gasteiger partial charge in [0, 0.05) is 7.11 Å². The number of nitrogens with two attached hydrogens (primary N) is 1. The summed E-state index contributed by atoms with van der Waals surface area (Å²) in [4.78, 5) is 23.9. The Balaban J connectivity index is 2.89. The van der Waals surface area contributed by atoms with Gasteiger partial charge in [-0.05, 0) is 25.0 Å². The summed E-state index contributed by atoms with van der Waals surface area (Å²) in [5.74, 6) is -0.726. The molecule has 1 aromatic rings. The van der Waals surface area contributed by atoms with Crippen LogP contribution in [0.25, 0.3) is 0 Å². The highest BCUT2D eigenvalue weighted by Crippen LogP contribution is 2.21. The fraction of sp³-hybridized carbons (Fsp3) is 0.500. The Morgan fingerprint density at radius 3 is 2.59 bits per heavy atom. The van der Waals surface area contributed by atoms with E-state index in [0.717, 1.165) is 11.1 Å². The minimum atomic E-state index is -0.779. The highest BCUT2D eigenvalue weighted by molar-refractivity contribution is 5.83. The molecule has 2 atom stereocenters. The maximum absolute atomic E-state index is 12.1. The zero-order valence-electron chi connectivity index (χ0n) is 13.3. The van der Waals surface area contributed by atoms with Crippen LogP contribution in [0.15, 0.2) is 24.3 Å². The van der Waals surface area contributed by atoms with Gasteiger partial charge in [0.05, 0.1) is 25.7 Å². The van der Waals surface area contributed by atoms with Gasteiger partial charge < -0.3 is 20.5 Å². The first-order valence-corrected chi connectivity index (χ1v) is 7.25. The Bertz CT molecular complexity index is 505. The molecule has 0 bridgehead atoms. The Hall–Kier alpha value is -1.92. The quantitative estimate of drug-likeness (QED) is 0.701. The van der Waals surface area contributed by atoms with Crippen molar-refractivity contribution in [3.05, 3.63) is 35.4 Å². The second kappa shape index (κ2) is 9.17. The van der Waals surface area contributed by atoms with Crippen LogP contribution in [0.3, 0.4) is 0 Å². The van der Waals surface area contributed by atoms with Crippen molar-refractivity contribution >= 4 is 11.9 Å². The van der Waals surface area contributed by atoms with Gasteiger partial charge in [0.2, 0.25) is 5.91 Å². The largest absolute Gasteiger partial charge is 0.466 e. The molecular weight excluding hydrogens is 284 g/mol. The van der Waals surface area contributed by atoms with Gasteiger partial charge in [-0.1, -0.05) is 24.3 Å². The lowest BCUT2D eigenvalue weighted by Gasteiger charge is -2.22. The van der Waals surface area contributed by atoms with Gasteiger partial charge in [0.15, 0.2) is 0 Å². The van der Waals surface area contributed by atoms with Gasteiger partial charge >= 0.3 is 5.97 Å². The zero-order chi connectivity index (χ0) is 16.5. The van der Waals surface area contributed by atoms with Crippen LogP contribution in [0, 0.1) is 6.92 Å². The Kier molecular flexibility index (Phi) is 7.56. The first kappa shape index (κ1) is 18.1. The fourth-order valence-corrected chi connectivity index (χ4v) is 2.14. The minimum absolute atomic E-state index is 0.0597. The van der Waals surface area contributed by atoms with Crippen LogP contribution in [0.2, 0.25) is 0 Å². The molecule has 0 fully saturated rings. The minimum Gasteiger partial charge on any atom is -0.466 e. The van der Waals surface area contributed by atoms with Crippen molar-refractivity contribution < 1.29 is 19.1 Å². The molecule has 0 aliphatic heterocycles. The van der Waals surface area contributed by atoms with Crippen molar-refractivity contribution in [3.63, 3.8) is 0 Å². The van der Waals surface area contributed by atoms with Crippen molar-refractivity contribution in [2.75, 3.05) is 20.3 Å². The van der Waals surface area contributed by atoms with E-state index in [9.17, 15) is 9.59 Å². The molecule has 2 unspecified atom stereocenters. The SMILES string of the molecule is CCOC(=O)CC(NC(=O)C(N)COC)c1ccccc1C. The summed E-state index contributed by atoms with van der Waals surface area (Å²) in [5, 5.41) is 2.80. The number of esters is 1. The average Bonchev–Trinajstić information content (AvgIpc) is 2.47. The molecule has 0 aliphatic carbocycles. The second-order valence-corrected chi connectivity index (χ2v) is 4.99. The van der Waals surface area contributed by atoms with E-state index in [0.29, 0.717) is 6.61 Å². The van der Waals surface area contributed by atoms with Gasteiger partial charge in [0.1, 0.15) is 6.04 Å². The van der Waals surface area contributed by atoms with Crippen molar-refractivity contribution in [2.24, 2.45) is 5.73 Å². The Labute approximate surface area is 131 Å². The first-order chi connectivity index (χ1) is 10.5. The summed E-state index contributed by atoms with van der Waals surface area (Å²) in [5.41, 5.74) is 7.58. The molecule has 3 N–H and O–H groups in total. The zero-order valence-corrected chi connectivity index (χ0v) is 13.3. The second-order valence-electron chi connectivity index (χ2n) is 4.99. The highest BCUT2D eigenvalue weighted by Gasteiger charge is 2.23. The molecule has 0 heterocycles. The number of ether oxygens (including phenoxy) is 2. The fourth-order valence-electron chi connectivity index (χ4n) is 2.14. The molecule has 0 saturated carbocycles. The van der Waals surface area contributed by atoms with E-state index in [4.69, 9.17) is 15.2 Å². The molecule has 22 heavy (non-hydrogen) atoms. The lowest BCUT2D eigenvalue weighted by atomic mass is 9.98. The monoisotopic (exact) mass is 308 g/mol. The third-order valence-electron chi connectivity index (χ3n) is 3.24. The van der Waals surface area contributed by atoms with Gasteiger partial charge in [0.25, 0.3) is 0 Å². The third kappa shape index (κ3) is 5.46. The molecule has 0 radical (unpaired) electrons. The molecule has 0 aliphatic rings. The van der Waals surface area contributed by atoms with Gasteiger partial charge in [-0.25, -0.2) is 0 Å². The molecule has 1 rings (SSSR count). The van der Waals surface area contributed by atoms with E-state index in [2.05, 4.69) is 5.32 Å². The molecule has 6 nitrogen and oxygen atoms in total. The number of nitrogens with one attached hydrogen (secondary N) is 1. The highest BCUT2D eigenvalue weighted by atomic mass is 16.5. The lowest BCUT2D eigenvalue weighted by Crippen LogP contribution is -2.45. The van der Waals surface area contributed by atoms with Gasteiger partial charge in [-0.2, -0.15) is 0 Å². The predicted molar refractivity (Wildman–Crippen MR) is 83.2 cm³/mol. The summed E-state index contributed by atoms with van der Waals surface area (Å²) in [6.07, 6.45) is 0.0597. The molecule has 1 aromatic carbocycles.